The third-order valence-electron chi connectivity index (χ3n) is 3.07. The summed E-state index contributed by atoms with van der Waals surface area (Å²) in [6.07, 6.45) is 0. The van der Waals surface area contributed by atoms with Gasteiger partial charge in [-0.2, -0.15) is 11.8 Å². The maximum absolute atomic E-state index is 13.3. The van der Waals surface area contributed by atoms with Crippen LogP contribution in [0.5, 0.6) is 0 Å². The van der Waals surface area contributed by atoms with Crippen LogP contribution in [-0.4, -0.2) is 5.75 Å². The highest BCUT2D eigenvalue weighted by molar-refractivity contribution is 7.98. The van der Waals surface area contributed by atoms with Crippen LogP contribution in [0.3, 0.4) is 0 Å². The first-order valence-electron chi connectivity index (χ1n) is 5.22. The molecule has 3 heteroatoms. The molecule has 1 aromatic carbocycles. The molecule has 2 atom stereocenters. The Balaban J connectivity index is 2.53. The first-order chi connectivity index (χ1) is 7.09. The average molecular weight is 225 g/mol. The van der Waals surface area contributed by atoms with Gasteiger partial charge in [0.25, 0.3) is 0 Å². The van der Waals surface area contributed by atoms with Crippen LogP contribution in [0.1, 0.15) is 29.7 Å². The van der Waals surface area contributed by atoms with Crippen molar-refractivity contribution in [3.05, 3.63) is 34.6 Å². The lowest BCUT2D eigenvalue weighted by molar-refractivity contribution is 0.518. The fourth-order valence-electron chi connectivity index (χ4n) is 2.05. The number of thioether (sulfide) groups is 1. The molecule has 2 rings (SSSR count). The monoisotopic (exact) mass is 225 g/mol. The van der Waals surface area contributed by atoms with Crippen LogP contribution in [-0.2, 0) is 5.75 Å². The van der Waals surface area contributed by atoms with Crippen molar-refractivity contribution >= 4 is 11.8 Å². The largest absolute Gasteiger partial charge is 0.324 e. The van der Waals surface area contributed by atoms with Crippen LogP contribution in [0.15, 0.2) is 12.1 Å². The van der Waals surface area contributed by atoms with E-state index in [0.717, 1.165) is 22.6 Å². The van der Waals surface area contributed by atoms with Crippen molar-refractivity contribution in [3.63, 3.8) is 0 Å². The Labute approximate surface area is 94.2 Å². The van der Waals surface area contributed by atoms with Crippen LogP contribution in [0.25, 0.3) is 0 Å². The molecule has 0 spiro atoms. The molecule has 1 aromatic rings. The van der Waals surface area contributed by atoms with Gasteiger partial charge in [0.15, 0.2) is 0 Å². The zero-order chi connectivity index (χ0) is 11.0. The summed E-state index contributed by atoms with van der Waals surface area (Å²) in [5, 5.41) is 0. The zero-order valence-electron chi connectivity index (χ0n) is 9.09. The van der Waals surface area contributed by atoms with Crippen molar-refractivity contribution in [2.24, 2.45) is 11.7 Å². The first kappa shape index (κ1) is 11.0. The Kier molecular flexibility index (Phi) is 3.03. The SMILES string of the molecule is Cc1cc(F)cc2c1CSCC(C)C2N. The highest BCUT2D eigenvalue weighted by Gasteiger charge is 2.23. The van der Waals surface area contributed by atoms with Gasteiger partial charge in [-0.1, -0.05) is 6.92 Å². The summed E-state index contributed by atoms with van der Waals surface area (Å²) in [6.45, 7) is 4.10. The summed E-state index contributed by atoms with van der Waals surface area (Å²) in [4.78, 5) is 0. The predicted octanol–water partition coefficient (Wildman–Crippen LogP) is 3.02. The summed E-state index contributed by atoms with van der Waals surface area (Å²) in [5.41, 5.74) is 9.42. The number of halogens is 1. The van der Waals surface area contributed by atoms with E-state index >= 15 is 0 Å². The van der Waals surface area contributed by atoms with E-state index in [9.17, 15) is 4.39 Å². The maximum atomic E-state index is 13.3. The van der Waals surface area contributed by atoms with Gasteiger partial charge in [0.05, 0.1) is 0 Å². The van der Waals surface area contributed by atoms with Crippen molar-refractivity contribution in [1.82, 2.24) is 0 Å². The fourth-order valence-corrected chi connectivity index (χ4v) is 3.35. The van der Waals surface area contributed by atoms with Gasteiger partial charge >= 0.3 is 0 Å². The van der Waals surface area contributed by atoms with Crippen LogP contribution >= 0.6 is 11.8 Å². The number of hydrogen-bond donors (Lipinski definition) is 1. The average Bonchev–Trinajstić information content (AvgIpc) is 2.30. The Hall–Kier alpha value is -0.540. The van der Waals surface area contributed by atoms with Gasteiger partial charge in [-0.15, -0.1) is 0 Å². The third-order valence-corrected chi connectivity index (χ3v) is 4.33. The molecule has 0 saturated heterocycles. The smallest absolute Gasteiger partial charge is 0.123 e. The van der Waals surface area contributed by atoms with Crippen LogP contribution in [0.2, 0.25) is 0 Å². The zero-order valence-corrected chi connectivity index (χ0v) is 9.90. The minimum Gasteiger partial charge on any atom is -0.324 e. The molecular formula is C12H16FNS. The Morgan fingerprint density at radius 3 is 2.93 bits per heavy atom. The van der Waals surface area contributed by atoms with E-state index in [-0.39, 0.29) is 11.9 Å². The number of aryl methyl sites for hydroxylation is 1. The molecule has 0 amide bonds. The van der Waals surface area contributed by atoms with Crippen molar-refractivity contribution in [2.75, 3.05) is 5.75 Å². The summed E-state index contributed by atoms with van der Waals surface area (Å²) in [7, 11) is 0. The number of hydrogen-bond acceptors (Lipinski definition) is 2. The third kappa shape index (κ3) is 2.04. The Bertz CT molecular complexity index is 378. The van der Waals surface area contributed by atoms with Gasteiger partial charge in [0.2, 0.25) is 0 Å². The lowest BCUT2D eigenvalue weighted by atomic mass is 9.91. The molecule has 0 radical (unpaired) electrons. The van der Waals surface area contributed by atoms with Gasteiger partial charge in [-0.25, -0.2) is 4.39 Å². The van der Waals surface area contributed by atoms with E-state index in [1.165, 1.54) is 5.56 Å². The van der Waals surface area contributed by atoms with Gasteiger partial charge in [-0.3, -0.25) is 0 Å². The Morgan fingerprint density at radius 2 is 2.20 bits per heavy atom. The van der Waals surface area contributed by atoms with E-state index in [0.29, 0.717) is 5.92 Å². The van der Waals surface area contributed by atoms with E-state index in [2.05, 4.69) is 6.92 Å². The second kappa shape index (κ2) is 4.14. The van der Waals surface area contributed by atoms with E-state index in [4.69, 9.17) is 5.73 Å². The standard InChI is InChI=1S/C12H16FNS/c1-7-3-9(13)4-10-11(7)6-15-5-8(2)12(10)14/h3-4,8,12H,5-6,14H2,1-2H3. The minimum absolute atomic E-state index is 0.0237. The predicted molar refractivity (Wildman–Crippen MR) is 63.4 cm³/mol. The first-order valence-corrected chi connectivity index (χ1v) is 6.37. The van der Waals surface area contributed by atoms with E-state index in [1.807, 2.05) is 18.7 Å². The van der Waals surface area contributed by atoms with Crippen LogP contribution in [0.4, 0.5) is 4.39 Å². The molecular weight excluding hydrogens is 209 g/mol. The van der Waals surface area contributed by atoms with E-state index < -0.39 is 0 Å². The molecule has 0 aromatic heterocycles. The quantitative estimate of drug-likeness (QED) is 0.734. The van der Waals surface area contributed by atoms with Crippen molar-refractivity contribution in [1.29, 1.82) is 0 Å². The second-order valence-electron chi connectivity index (χ2n) is 4.31. The Morgan fingerprint density at radius 1 is 1.47 bits per heavy atom. The molecule has 82 valence electrons. The molecule has 2 unspecified atom stereocenters. The molecule has 1 heterocycles. The molecule has 0 aliphatic carbocycles. The topological polar surface area (TPSA) is 26.0 Å². The summed E-state index contributed by atoms with van der Waals surface area (Å²) in [6, 6.07) is 3.18. The minimum atomic E-state index is -0.166. The normalized spacial score (nSPS) is 25.9. The molecule has 15 heavy (non-hydrogen) atoms. The molecule has 2 N–H and O–H groups in total. The number of nitrogens with two attached hydrogens (primary N) is 1. The molecule has 0 bridgehead atoms. The summed E-state index contributed by atoms with van der Waals surface area (Å²) < 4.78 is 13.3. The molecule has 0 fully saturated rings. The van der Waals surface area contributed by atoms with Crippen molar-refractivity contribution < 1.29 is 4.39 Å². The summed E-state index contributed by atoms with van der Waals surface area (Å²) >= 11 is 1.89. The fraction of sp³-hybridized carbons (Fsp3) is 0.500. The van der Waals surface area contributed by atoms with Gasteiger partial charge in [0, 0.05) is 11.8 Å². The highest BCUT2D eigenvalue weighted by Crippen LogP contribution is 2.34. The molecule has 1 nitrogen and oxygen atoms in total. The maximum Gasteiger partial charge on any atom is 0.123 e. The van der Waals surface area contributed by atoms with Crippen molar-refractivity contribution in [3.8, 4) is 0 Å². The van der Waals surface area contributed by atoms with Gasteiger partial charge in [-0.05, 0) is 47.4 Å². The van der Waals surface area contributed by atoms with E-state index in [1.54, 1.807) is 12.1 Å². The van der Waals surface area contributed by atoms with Crippen LogP contribution in [0, 0.1) is 18.7 Å². The number of rotatable bonds is 0. The van der Waals surface area contributed by atoms with Crippen LogP contribution < -0.4 is 5.73 Å². The second-order valence-corrected chi connectivity index (χ2v) is 5.34. The molecule has 1 aliphatic heterocycles. The lowest BCUT2D eigenvalue weighted by Crippen LogP contribution is -2.20. The van der Waals surface area contributed by atoms with Gasteiger partial charge < -0.3 is 5.73 Å². The lowest BCUT2D eigenvalue weighted by Gasteiger charge is -2.19. The number of benzene rings is 1. The molecule has 0 saturated carbocycles. The summed E-state index contributed by atoms with van der Waals surface area (Å²) in [5.74, 6) is 2.26. The van der Waals surface area contributed by atoms with Gasteiger partial charge in [0.1, 0.15) is 5.82 Å². The van der Waals surface area contributed by atoms with Crippen molar-refractivity contribution in [2.45, 2.75) is 25.6 Å². The number of fused-ring (bicyclic) bond motifs is 1. The molecule has 1 aliphatic rings. The highest BCUT2D eigenvalue weighted by atomic mass is 32.2.